The van der Waals surface area contributed by atoms with E-state index in [9.17, 15) is 9.59 Å². The molecule has 1 aliphatic rings. The third kappa shape index (κ3) is 6.84. The summed E-state index contributed by atoms with van der Waals surface area (Å²) in [4.78, 5) is 24.6. The zero-order valence-electron chi connectivity index (χ0n) is 18.5. The molecule has 172 valence electrons. The van der Waals surface area contributed by atoms with Crippen molar-refractivity contribution in [2.75, 3.05) is 5.75 Å². The molecule has 0 radical (unpaired) electrons. The van der Waals surface area contributed by atoms with Gasteiger partial charge in [0.2, 0.25) is 11.8 Å². The van der Waals surface area contributed by atoms with Gasteiger partial charge in [0.1, 0.15) is 0 Å². The lowest BCUT2D eigenvalue weighted by Gasteiger charge is -2.29. The molecule has 1 saturated carbocycles. The molecule has 0 aliphatic heterocycles. The van der Waals surface area contributed by atoms with Gasteiger partial charge in [0.25, 0.3) is 0 Å². The quantitative estimate of drug-likeness (QED) is 0.421. The van der Waals surface area contributed by atoms with E-state index in [4.69, 9.17) is 11.6 Å². The second-order valence-electron chi connectivity index (χ2n) is 7.94. The predicted octanol–water partition coefficient (Wildman–Crippen LogP) is 4.07. The number of amides is 2. The number of nitrogens with zero attached hydrogens (tertiary/aromatic N) is 3. The van der Waals surface area contributed by atoms with Gasteiger partial charge in [0.05, 0.1) is 12.3 Å². The van der Waals surface area contributed by atoms with Gasteiger partial charge in [-0.15, -0.1) is 10.2 Å². The number of halogens is 1. The van der Waals surface area contributed by atoms with Crippen molar-refractivity contribution in [3.05, 3.63) is 46.8 Å². The molecule has 1 fully saturated rings. The summed E-state index contributed by atoms with van der Waals surface area (Å²) in [6.45, 7) is 5.09. The van der Waals surface area contributed by atoms with Crippen LogP contribution in [0.2, 0.25) is 5.02 Å². The average molecular weight is 476 g/mol. The van der Waals surface area contributed by atoms with E-state index >= 15 is 0 Å². The Morgan fingerprint density at radius 3 is 2.78 bits per heavy atom. The SMILES string of the molecule is CCn1c(CNC(=O)/C=C/c2ccccc2Cl)nnc1SCC(=O)N[C@@H]1CCCC[C@H]1C. The Hall–Kier alpha value is -2.32. The molecule has 32 heavy (non-hydrogen) atoms. The number of thioether (sulfide) groups is 1. The van der Waals surface area contributed by atoms with Gasteiger partial charge in [0, 0.05) is 23.7 Å². The molecule has 1 heterocycles. The molecule has 3 rings (SSSR count). The van der Waals surface area contributed by atoms with Gasteiger partial charge in [-0.25, -0.2) is 0 Å². The van der Waals surface area contributed by atoms with Crippen LogP contribution in [0.15, 0.2) is 35.5 Å². The van der Waals surface area contributed by atoms with Gasteiger partial charge < -0.3 is 15.2 Å². The maximum absolute atomic E-state index is 12.4. The third-order valence-electron chi connectivity index (χ3n) is 5.64. The summed E-state index contributed by atoms with van der Waals surface area (Å²) >= 11 is 7.47. The fourth-order valence-corrected chi connectivity index (χ4v) is 4.82. The molecule has 2 N–H and O–H groups in total. The standard InChI is InChI=1S/C23H30ClN5O2S/c1-3-29-20(14-25-21(30)13-12-17-9-5-6-10-18(17)24)27-28-23(29)32-15-22(31)26-19-11-7-4-8-16(19)2/h5-6,9-10,12-13,16,19H,3-4,7-8,11,14-15H2,1-2H3,(H,25,30)(H,26,31)/b13-12+/t16-,19-/m1/s1. The molecule has 2 atom stereocenters. The molecule has 0 bridgehead atoms. The smallest absolute Gasteiger partial charge is 0.244 e. The summed E-state index contributed by atoms with van der Waals surface area (Å²) in [7, 11) is 0. The van der Waals surface area contributed by atoms with E-state index in [-0.39, 0.29) is 24.4 Å². The van der Waals surface area contributed by atoms with Crippen LogP contribution in [-0.2, 0) is 22.7 Å². The first kappa shape index (κ1) is 24.3. The Labute approximate surface area is 198 Å². The number of benzene rings is 1. The summed E-state index contributed by atoms with van der Waals surface area (Å²) in [6, 6.07) is 7.59. The summed E-state index contributed by atoms with van der Waals surface area (Å²) in [5.74, 6) is 1.26. The van der Waals surface area contributed by atoms with Gasteiger partial charge in [-0.3, -0.25) is 9.59 Å². The molecule has 0 unspecified atom stereocenters. The normalized spacial score (nSPS) is 18.6. The molecule has 1 aliphatic carbocycles. The highest BCUT2D eigenvalue weighted by molar-refractivity contribution is 7.99. The Morgan fingerprint density at radius 2 is 2.03 bits per heavy atom. The van der Waals surface area contributed by atoms with Crippen molar-refractivity contribution in [1.29, 1.82) is 0 Å². The van der Waals surface area contributed by atoms with E-state index in [0.717, 1.165) is 12.0 Å². The Morgan fingerprint density at radius 1 is 1.25 bits per heavy atom. The van der Waals surface area contributed by atoms with Crippen molar-refractivity contribution >= 4 is 41.3 Å². The van der Waals surface area contributed by atoms with Crippen LogP contribution in [0, 0.1) is 5.92 Å². The summed E-state index contributed by atoms with van der Waals surface area (Å²) in [5, 5.41) is 15.7. The predicted molar refractivity (Wildman–Crippen MR) is 128 cm³/mol. The fraction of sp³-hybridized carbons (Fsp3) is 0.478. The van der Waals surface area contributed by atoms with Gasteiger partial charge in [-0.1, -0.05) is 61.3 Å². The largest absolute Gasteiger partial charge is 0.352 e. The van der Waals surface area contributed by atoms with Crippen LogP contribution in [0.25, 0.3) is 6.08 Å². The summed E-state index contributed by atoms with van der Waals surface area (Å²) in [5.41, 5.74) is 0.778. The van der Waals surface area contributed by atoms with Crippen LogP contribution < -0.4 is 10.6 Å². The first-order chi connectivity index (χ1) is 15.5. The van der Waals surface area contributed by atoms with Crippen molar-refractivity contribution in [2.45, 2.75) is 63.8 Å². The lowest BCUT2D eigenvalue weighted by Crippen LogP contribution is -2.41. The zero-order valence-corrected chi connectivity index (χ0v) is 20.1. The number of nitrogens with one attached hydrogen (secondary N) is 2. The second-order valence-corrected chi connectivity index (χ2v) is 9.29. The lowest BCUT2D eigenvalue weighted by atomic mass is 9.86. The van der Waals surface area contributed by atoms with E-state index in [1.54, 1.807) is 12.1 Å². The highest BCUT2D eigenvalue weighted by atomic mass is 35.5. The molecule has 2 aromatic rings. The molecule has 0 spiro atoms. The topological polar surface area (TPSA) is 88.9 Å². The number of hydrogen-bond acceptors (Lipinski definition) is 5. The number of carbonyl (C=O) groups excluding carboxylic acids is 2. The van der Waals surface area contributed by atoms with E-state index in [2.05, 4.69) is 27.8 Å². The minimum atomic E-state index is -0.245. The number of carbonyl (C=O) groups is 2. The van der Waals surface area contributed by atoms with Crippen molar-refractivity contribution in [1.82, 2.24) is 25.4 Å². The average Bonchev–Trinajstić information content (AvgIpc) is 3.19. The van der Waals surface area contributed by atoms with Crippen LogP contribution in [0.5, 0.6) is 0 Å². The maximum Gasteiger partial charge on any atom is 0.244 e. The maximum atomic E-state index is 12.4. The van der Waals surface area contributed by atoms with E-state index < -0.39 is 0 Å². The van der Waals surface area contributed by atoms with Crippen molar-refractivity contribution in [2.24, 2.45) is 5.92 Å². The number of aromatic nitrogens is 3. The molecule has 1 aromatic heterocycles. The monoisotopic (exact) mass is 475 g/mol. The molecule has 7 nitrogen and oxygen atoms in total. The van der Waals surface area contributed by atoms with Crippen LogP contribution >= 0.6 is 23.4 Å². The van der Waals surface area contributed by atoms with Gasteiger partial charge in [-0.05, 0) is 43.4 Å². The first-order valence-corrected chi connectivity index (χ1v) is 12.4. The minimum Gasteiger partial charge on any atom is -0.352 e. The van der Waals surface area contributed by atoms with Crippen LogP contribution in [0.3, 0.4) is 0 Å². The van der Waals surface area contributed by atoms with E-state index in [1.807, 2.05) is 29.7 Å². The Kier molecular flexibility index (Phi) is 9.17. The Balaban J connectivity index is 1.50. The van der Waals surface area contributed by atoms with Gasteiger partial charge >= 0.3 is 0 Å². The van der Waals surface area contributed by atoms with Crippen LogP contribution in [0.4, 0.5) is 0 Å². The van der Waals surface area contributed by atoms with Crippen molar-refractivity contribution in [3.8, 4) is 0 Å². The molecular formula is C23H30ClN5O2S. The molecule has 0 saturated heterocycles. The molecular weight excluding hydrogens is 446 g/mol. The van der Waals surface area contributed by atoms with Gasteiger partial charge in [0.15, 0.2) is 11.0 Å². The van der Waals surface area contributed by atoms with E-state index in [1.165, 1.54) is 37.1 Å². The molecule has 2 amide bonds. The minimum absolute atomic E-state index is 0.0268. The first-order valence-electron chi connectivity index (χ1n) is 11.0. The second kappa shape index (κ2) is 12.1. The number of hydrogen-bond donors (Lipinski definition) is 2. The molecule has 9 heteroatoms. The number of rotatable bonds is 9. The fourth-order valence-electron chi connectivity index (χ4n) is 3.78. The molecule has 1 aromatic carbocycles. The Bertz CT molecular complexity index is 962. The zero-order chi connectivity index (χ0) is 22.9. The van der Waals surface area contributed by atoms with E-state index in [0.29, 0.717) is 34.2 Å². The summed E-state index contributed by atoms with van der Waals surface area (Å²) < 4.78 is 1.92. The van der Waals surface area contributed by atoms with Crippen molar-refractivity contribution < 1.29 is 9.59 Å². The lowest BCUT2D eigenvalue weighted by molar-refractivity contribution is -0.120. The highest BCUT2D eigenvalue weighted by Crippen LogP contribution is 2.24. The van der Waals surface area contributed by atoms with Crippen molar-refractivity contribution in [3.63, 3.8) is 0 Å². The van der Waals surface area contributed by atoms with Crippen LogP contribution in [-0.4, -0.2) is 38.4 Å². The van der Waals surface area contributed by atoms with Crippen LogP contribution in [0.1, 0.15) is 50.9 Å². The third-order valence-corrected chi connectivity index (χ3v) is 6.95. The summed E-state index contributed by atoms with van der Waals surface area (Å²) in [6.07, 6.45) is 7.77. The highest BCUT2D eigenvalue weighted by Gasteiger charge is 2.23. The van der Waals surface area contributed by atoms with Gasteiger partial charge in [-0.2, -0.15) is 0 Å².